The molecule has 4 nitrogen and oxygen atoms in total. The standard InChI is InChI=1S/C30H38N2O2/c1-20(2)32(21(3)4)30(33)29-27(10-9-11-28(29)34-8)26-18-16-25(17-19-26)24-14-12-23(13-15-24)22(5)31(6)7/h9-22H,1-8H3. The summed E-state index contributed by atoms with van der Waals surface area (Å²) >= 11 is 0. The molecule has 4 heteroatoms. The molecule has 0 aliphatic rings. The summed E-state index contributed by atoms with van der Waals surface area (Å²) in [5.41, 5.74) is 6.11. The number of methoxy groups -OCH3 is 1. The zero-order valence-corrected chi connectivity index (χ0v) is 21.8. The van der Waals surface area contributed by atoms with Crippen LogP contribution in [0.25, 0.3) is 22.3 Å². The summed E-state index contributed by atoms with van der Waals surface area (Å²) < 4.78 is 5.63. The van der Waals surface area contributed by atoms with Crippen LogP contribution in [0.1, 0.15) is 56.6 Å². The van der Waals surface area contributed by atoms with Crippen molar-refractivity contribution in [2.75, 3.05) is 21.2 Å². The molecule has 0 radical (unpaired) electrons. The van der Waals surface area contributed by atoms with E-state index in [0.717, 1.165) is 16.7 Å². The smallest absolute Gasteiger partial charge is 0.258 e. The first-order valence-electron chi connectivity index (χ1n) is 12.0. The lowest BCUT2D eigenvalue weighted by molar-refractivity contribution is 0.0641. The van der Waals surface area contributed by atoms with Gasteiger partial charge in [-0.05, 0) is 82.6 Å². The molecular formula is C30H38N2O2. The van der Waals surface area contributed by atoms with Gasteiger partial charge in [-0.2, -0.15) is 0 Å². The highest BCUT2D eigenvalue weighted by Crippen LogP contribution is 2.34. The minimum Gasteiger partial charge on any atom is -0.496 e. The highest BCUT2D eigenvalue weighted by Gasteiger charge is 2.27. The Labute approximate surface area is 205 Å². The molecule has 34 heavy (non-hydrogen) atoms. The molecule has 0 heterocycles. The van der Waals surface area contributed by atoms with Gasteiger partial charge in [-0.1, -0.05) is 60.7 Å². The van der Waals surface area contributed by atoms with Crippen molar-refractivity contribution in [3.05, 3.63) is 77.9 Å². The predicted molar refractivity (Wildman–Crippen MR) is 142 cm³/mol. The molecule has 0 aliphatic heterocycles. The van der Waals surface area contributed by atoms with Gasteiger partial charge in [0.15, 0.2) is 0 Å². The maximum absolute atomic E-state index is 13.7. The highest BCUT2D eigenvalue weighted by atomic mass is 16.5. The third-order valence-electron chi connectivity index (χ3n) is 6.50. The maximum atomic E-state index is 13.7. The van der Waals surface area contributed by atoms with Crippen LogP contribution in [-0.4, -0.2) is 49.0 Å². The Kier molecular flexibility index (Phi) is 8.16. The molecule has 1 amide bonds. The first-order valence-corrected chi connectivity index (χ1v) is 12.0. The average molecular weight is 459 g/mol. The van der Waals surface area contributed by atoms with E-state index in [0.29, 0.717) is 17.4 Å². The van der Waals surface area contributed by atoms with E-state index in [1.165, 1.54) is 11.1 Å². The summed E-state index contributed by atoms with van der Waals surface area (Å²) in [7, 11) is 5.81. The summed E-state index contributed by atoms with van der Waals surface area (Å²) in [4.78, 5) is 17.8. The van der Waals surface area contributed by atoms with Crippen molar-refractivity contribution in [1.29, 1.82) is 0 Å². The van der Waals surface area contributed by atoms with Gasteiger partial charge in [0, 0.05) is 18.1 Å². The maximum Gasteiger partial charge on any atom is 0.258 e. The number of rotatable bonds is 8. The van der Waals surface area contributed by atoms with E-state index in [4.69, 9.17) is 4.74 Å². The number of ether oxygens (including phenoxy) is 1. The number of nitrogens with zero attached hydrogens (tertiary/aromatic N) is 2. The van der Waals surface area contributed by atoms with Crippen LogP contribution in [0.2, 0.25) is 0 Å². The van der Waals surface area contributed by atoms with Crippen LogP contribution in [0.5, 0.6) is 5.75 Å². The number of carbonyl (C=O) groups is 1. The lowest BCUT2D eigenvalue weighted by Crippen LogP contribution is -2.42. The monoisotopic (exact) mass is 458 g/mol. The number of hydrogen-bond donors (Lipinski definition) is 0. The van der Waals surface area contributed by atoms with Crippen LogP contribution in [0.15, 0.2) is 66.7 Å². The van der Waals surface area contributed by atoms with Crippen molar-refractivity contribution in [2.24, 2.45) is 0 Å². The van der Waals surface area contributed by atoms with Gasteiger partial charge in [0.05, 0.1) is 12.7 Å². The van der Waals surface area contributed by atoms with Gasteiger partial charge in [0.25, 0.3) is 5.91 Å². The van der Waals surface area contributed by atoms with Crippen LogP contribution in [0.4, 0.5) is 0 Å². The molecule has 0 bridgehead atoms. The van der Waals surface area contributed by atoms with Crippen LogP contribution in [0.3, 0.4) is 0 Å². The Bertz CT molecular complexity index is 1090. The molecule has 3 rings (SSSR count). The first-order chi connectivity index (χ1) is 16.1. The predicted octanol–water partition coefficient (Wildman–Crippen LogP) is 6.91. The van der Waals surface area contributed by atoms with E-state index < -0.39 is 0 Å². The average Bonchev–Trinajstić information content (AvgIpc) is 2.82. The molecule has 0 aliphatic carbocycles. The molecule has 0 spiro atoms. The van der Waals surface area contributed by atoms with Crippen molar-refractivity contribution < 1.29 is 9.53 Å². The molecule has 0 fully saturated rings. The van der Waals surface area contributed by atoms with Crippen LogP contribution in [0, 0.1) is 0 Å². The van der Waals surface area contributed by atoms with Gasteiger partial charge in [0.1, 0.15) is 5.75 Å². The second kappa shape index (κ2) is 10.9. The summed E-state index contributed by atoms with van der Waals surface area (Å²) in [5.74, 6) is 0.593. The Balaban J connectivity index is 1.98. The molecule has 3 aromatic rings. The normalized spacial score (nSPS) is 12.3. The number of carbonyl (C=O) groups excluding carboxylic acids is 1. The fourth-order valence-electron chi connectivity index (χ4n) is 4.45. The summed E-state index contributed by atoms with van der Waals surface area (Å²) in [6, 6.07) is 23.5. The Morgan fingerprint density at radius 2 is 1.24 bits per heavy atom. The number of benzene rings is 3. The summed E-state index contributed by atoms with van der Waals surface area (Å²) in [6.07, 6.45) is 0. The second-order valence-corrected chi connectivity index (χ2v) is 9.62. The zero-order valence-electron chi connectivity index (χ0n) is 21.8. The fraction of sp³-hybridized carbons (Fsp3) is 0.367. The van der Waals surface area contributed by atoms with E-state index in [1.807, 2.05) is 50.8 Å². The van der Waals surface area contributed by atoms with E-state index in [9.17, 15) is 4.79 Å². The van der Waals surface area contributed by atoms with Crippen molar-refractivity contribution in [2.45, 2.75) is 52.7 Å². The summed E-state index contributed by atoms with van der Waals surface area (Å²) in [5, 5.41) is 0. The molecule has 3 aromatic carbocycles. The minimum atomic E-state index is -0.00729. The number of amides is 1. The van der Waals surface area contributed by atoms with E-state index in [1.54, 1.807) is 7.11 Å². The van der Waals surface area contributed by atoms with Gasteiger partial charge in [0.2, 0.25) is 0 Å². The van der Waals surface area contributed by atoms with Crippen molar-refractivity contribution in [3.8, 4) is 28.0 Å². The third-order valence-corrected chi connectivity index (χ3v) is 6.50. The SMILES string of the molecule is COc1cccc(-c2ccc(-c3ccc(C(C)N(C)C)cc3)cc2)c1C(=O)N(C(C)C)C(C)C. The fourth-order valence-corrected chi connectivity index (χ4v) is 4.45. The highest BCUT2D eigenvalue weighted by molar-refractivity contribution is 6.04. The molecule has 0 saturated heterocycles. The van der Waals surface area contributed by atoms with Gasteiger partial charge < -0.3 is 14.5 Å². The topological polar surface area (TPSA) is 32.8 Å². The lowest BCUT2D eigenvalue weighted by Gasteiger charge is -2.32. The minimum absolute atomic E-state index is 0.00729. The van der Waals surface area contributed by atoms with E-state index in [2.05, 4.69) is 74.4 Å². The zero-order chi connectivity index (χ0) is 25.0. The Morgan fingerprint density at radius 1 is 0.735 bits per heavy atom. The molecule has 0 saturated carbocycles. The van der Waals surface area contributed by atoms with Crippen molar-refractivity contribution in [1.82, 2.24) is 9.80 Å². The first kappa shape index (κ1) is 25.5. The molecule has 0 aromatic heterocycles. The lowest BCUT2D eigenvalue weighted by atomic mass is 9.94. The molecular weight excluding hydrogens is 420 g/mol. The van der Waals surface area contributed by atoms with Crippen LogP contribution < -0.4 is 4.74 Å². The van der Waals surface area contributed by atoms with E-state index >= 15 is 0 Å². The van der Waals surface area contributed by atoms with Gasteiger partial charge in [-0.25, -0.2) is 0 Å². The quantitative estimate of drug-likeness (QED) is 0.368. The molecule has 1 unspecified atom stereocenters. The third kappa shape index (κ3) is 5.34. The second-order valence-electron chi connectivity index (χ2n) is 9.62. The van der Waals surface area contributed by atoms with Crippen LogP contribution >= 0.6 is 0 Å². The Hall–Kier alpha value is -3.11. The molecule has 0 N–H and O–H groups in total. The van der Waals surface area contributed by atoms with Crippen molar-refractivity contribution in [3.63, 3.8) is 0 Å². The molecule has 1 atom stereocenters. The van der Waals surface area contributed by atoms with Gasteiger partial charge in [-0.15, -0.1) is 0 Å². The van der Waals surface area contributed by atoms with Crippen molar-refractivity contribution >= 4 is 5.91 Å². The largest absolute Gasteiger partial charge is 0.496 e. The van der Waals surface area contributed by atoms with Crippen LogP contribution in [-0.2, 0) is 0 Å². The van der Waals surface area contributed by atoms with Gasteiger partial charge in [-0.3, -0.25) is 4.79 Å². The van der Waals surface area contributed by atoms with Gasteiger partial charge >= 0.3 is 0 Å². The summed E-state index contributed by atoms with van der Waals surface area (Å²) in [6.45, 7) is 10.4. The van der Waals surface area contributed by atoms with E-state index in [-0.39, 0.29) is 18.0 Å². The number of hydrogen-bond acceptors (Lipinski definition) is 3. The Morgan fingerprint density at radius 3 is 1.71 bits per heavy atom. The molecule has 180 valence electrons.